The summed E-state index contributed by atoms with van der Waals surface area (Å²) >= 11 is 0. The number of carbonyl (C=O) groups is 1. The fourth-order valence-corrected chi connectivity index (χ4v) is 1.78. The minimum atomic E-state index is -4.67. The minimum Gasteiger partial charge on any atom is -0.481 e. The van der Waals surface area contributed by atoms with E-state index in [0.29, 0.717) is 19.0 Å². The highest BCUT2D eigenvalue weighted by atomic mass is 19.4. The van der Waals surface area contributed by atoms with E-state index in [-0.39, 0.29) is 5.56 Å². The van der Waals surface area contributed by atoms with Crippen LogP contribution in [0.15, 0.2) is 18.2 Å². The van der Waals surface area contributed by atoms with Gasteiger partial charge in [0.2, 0.25) is 0 Å². The van der Waals surface area contributed by atoms with Crippen molar-refractivity contribution < 1.29 is 27.5 Å². The van der Waals surface area contributed by atoms with Crippen molar-refractivity contribution in [3.63, 3.8) is 0 Å². The molecule has 1 unspecified atom stereocenters. The molecule has 1 aromatic carbocycles. The normalized spacial score (nSPS) is 13.2. The van der Waals surface area contributed by atoms with Gasteiger partial charge in [0.25, 0.3) is 0 Å². The number of hydrogen-bond donors (Lipinski definition) is 2. The lowest BCUT2D eigenvalue weighted by Gasteiger charge is -2.18. The van der Waals surface area contributed by atoms with Crippen LogP contribution < -0.4 is 5.32 Å². The summed E-state index contributed by atoms with van der Waals surface area (Å²) in [6.07, 6.45) is -4.41. The molecular formula is C13H15F4NO2. The van der Waals surface area contributed by atoms with Crippen molar-refractivity contribution in [2.24, 2.45) is 0 Å². The third kappa shape index (κ3) is 4.80. The van der Waals surface area contributed by atoms with Gasteiger partial charge in [-0.1, -0.05) is 6.92 Å². The smallest absolute Gasteiger partial charge is 0.416 e. The molecule has 0 aromatic heterocycles. The molecule has 0 saturated carbocycles. The summed E-state index contributed by atoms with van der Waals surface area (Å²) in [5.41, 5.74) is -1.14. The van der Waals surface area contributed by atoms with Crippen molar-refractivity contribution >= 4 is 5.97 Å². The van der Waals surface area contributed by atoms with Crippen LogP contribution >= 0.6 is 0 Å². The van der Waals surface area contributed by atoms with Crippen LogP contribution in [0.5, 0.6) is 0 Å². The van der Waals surface area contributed by atoms with Crippen LogP contribution in [-0.4, -0.2) is 17.6 Å². The Kier molecular flexibility index (Phi) is 5.50. The Hall–Kier alpha value is -1.63. The quantitative estimate of drug-likeness (QED) is 0.791. The van der Waals surface area contributed by atoms with Crippen molar-refractivity contribution in [2.45, 2.75) is 32.0 Å². The van der Waals surface area contributed by atoms with Gasteiger partial charge in [0.15, 0.2) is 0 Å². The predicted molar refractivity (Wildman–Crippen MR) is 64.7 cm³/mol. The number of aliphatic carboxylic acids is 1. The molecule has 0 aliphatic heterocycles. The molecule has 0 aliphatic carbocycles. The first-order valence-corrected chi connectivity index (χ1v) is 6.07. The summed E-state index contributed by atoms with van der Waals surface area (Å²) in [6.45, 7) is 2.26. The van der Waals surface area contributed by atoms with E-state index in [1.165, 1.54) is 0 Å². The molecule has 0 radical (unpaired) electrons. The van der Waals surface area contributed by atoms with Crippen LogP contribution in [0.1, 0.15) is 36.9 Å². The van der Waals surface area contributed by atoms with Gasteiger partial charge >= 0.3 is 12.1 Å². The van der Waals surface area contributed by atoms with Crippen molar-refractivity contribution in [1.82, 2.24) is 5.32 Å². The molecule has 0 bridgehead atoms. The van der Waals surface area contributed by atoms with Gasteiger partial charge in [-0.15, -0.1) is 0 Å². The Labute approximate surface area is 113 Å². The van der Waals surface area contributed by atoms with Crippen LogP contribution in [0.2, 0.25) is 0 Å². The van der Waals surface area contributed by atoms with Crippen LogP contribution in [0.4, 0.5) is 17.6 Å². The van der Waals surface area contributed by atoms with Gasteiger partial charge in [0, 0.05) is 6.04 Å². The summed E-state index contributed by atoms with van der Waals surface area (Å²) in [5.74, 6) is -2.21. The van der Waals surface area contributed by atoms with Gasteiger partial charge in [-0.05, 0) is 36.7 Å². The first-order valence-electron chi connectivity index (χ1n) is 6.07. The summed E-state index contributed by atoms with van der Waals surface area (Å²) in [7, 11) is 0. The van der Waals surface area contributed by atoms with Gasteiger partial charge in [0.05, 0.1) is 12.0 Å². The maximum Gasteiger partial charge on any atom is 0.416 e. The first kappa shape index (κ1) is 16.4. The monoisotopic (exact) mass is 293 g/mol. The number of nitrogens with one attached hydrogen (secondary N) is 1. The molecule has 3 nitrogen and oxygen atoms in total. The van der Waals surface area contributed by atoms with Crippen molar-refractivity contribution in [3.05, 3.63) is 35.1 Å². The molecule has 20 heavy (non-hydrogen) atoms. The summed E-state index contributed by atoms with van der Waals surface area (Å²) in [4.78, 5) is 10.8. The molecule has 1 aromatic rings. The fraction of sp³-hybridized carbons (Fsp3) is 0.462. The first-order chi connectivity index (χ1) is 9.24. The minimum absolute atomic E-state index is 0.0202. The van der Waals surface area contributed by atoms with E-state index in [4.69, 9.17) is 5.11 Å². The number of alkyl halides is 3. The molecule has 0 fully saturated rings. The van der Waals surface area contributed by atoms with Crippen molar-refractivity contribution in [1.29, 1.82) is 0 Å². The highest BCUT2D eigenvalue weighted by molar-refractivity contribution is 5.68. The largest absolute Gasteiger partial charge is 0.481 e. The summed E-state index contributed by atoms with van der Waals surface area (Å²) in [5, 5.41) is 11.6. The second-order valence-corrected chi connectivity index (χ2v) is 4.38. The number of halogens is 4. The molecule has 0 spiro atoms. The highest BCUT2D eigenvalue weighted by Crippen LogP contribution is 2.32. The van der Waals surface area contributed by atoms with E-state index in [9.17, 15) is 22.4 Å². The van der Waals surface area contributed by atoms with Crippen molar-refractivity contribution in [3.8, 4) is 0 Å². The van der Waals surface area contributed by atoms with E-state index in [1.807, 2.05) is 6.92 Å². The zero-order valence-corrected chi connectivity index (χ0v) is 10.8. The Morgan fingerprint density at radius 1 is 1.35 bits per heavy atom. The van der Waals surface area contributed by atoms with Crippen LogP contribution in [0.25, 0.3) is 0 Å². The average molecular weight is 293 g/mol. The molecule has 0 aliphatic rings. The SMILES string of the molecule is CCCNC(CC(=O)O)c1cc(F)cc(C(F)(F)F)c1. The van der Waals surface area contributed by atoms with Gasteiger partial charge in [0.1, 0.15) is 5.82 Å². The molecule has 1 atom stereocenters. The maximum absolute atomic E-state index is 13.3. The van der Waals surface area contributed by atoms with Gasteiger partial charge in [-0.3, -0.25) is 4.79 Å². The molecule has 0 saturated heterocycles. The van der Waals surface area contributed by atoms with E-state index in [1.54, 1.807) is 0 Å². The molecule has 0 amide bonds. The Morgan fingerprint density at radius 3 is 2.50 bits per heavy atom. The zero-order chi connectivity index (χ0) is 15.3. The highest BCUT2D eigenvalue weighted by Gasteiger charge is 2.32. The predicted octanol–water partition coefficient (Wildman–Crippen LogP) is 3.36. The number of carboxylic acid groups (broad SMARTS) is 1. The van der Waals surface area contributed by atoms with Gasteiger partial charge < -0.3 is 10.4 Å². The van der Waals surface area contributed by atoms with Gasteiger partial charge in [-0.2, -0.15) is 13.2 Å². The van der Waals surface area contributed by atoms with E-state index < -0.39 is 36.0 Å². The Bertz CT molecular complexity index is 474. The van der Waals surface area contributed by atoms with Crippen LogP contribution in [0.3, 0.4) is 0 Å². The number of rotatable bonds is 6. The zero-order valence-electron chi connectivity index (χ0n) is 10.8. The molecule has 112 valence electrons. The van der Waals surface area contributed by atoms with Gasteiger partial charge in [-0.25, -0.2) is 4.39 Å². The number of benzene rings is 1. The van der Waals surface area contributed by atoms with Crippen LogP contribution in [0, 0.1) is 5.82 Å². The lowest BCUT2D eigenvalue weighted by atomic mass is 10.0. The Morgan fingerprint density at radius 2 is 2.00 bits per heavy atom. The fourth-order valence-electron chi connectivity index (χ4n) is 1.78. The number of carboxylic acids is 1. The standard InChI is InChI=1S/C13H15F4NO2/c1-2-3-18-11(7-12(19)20)8-4-9(13(15,16)17)6-10(14)5-8/h4-6,11,18H,2-3,7H2,1H3,(H,19,20). The third-order valence-electron chi connectivity index (χ3n) is 2.67. The lowest BCUT2D eigenvalue weighted by molar-refractivity contribution is -0.138. The number of hydrogen-bond acceptors (Lipinski definition) is 2. The van der Waals surface area contributed by atoms with E-state index in [2.05, 4.69) is 5.32 Å². The molecule has 7 heteroatoms. The van der Waals surface area contributed by atoms with E-state index in [0.717, 1.165) is 12.1 Å². The maximum atomic E-state index is 13.3. The molecule has 2 N–H and O–H groups in total. The molecule has 1 rings (SSSR count). The molecule has 0 heterocycles. The van der Waals surface area contributed by atoms with Crippen molar-refractivity contribution in [2.75, 3.05) is 6.54 Å². The third-order valence-corrected chi connectivity index (χ3v) is 2.67. The topological polar surface area (TPSA) is 49.3 Å². The summed E-state index contributed by atoms with van der Waals surface area (Å²) in [6, 6.07) is 1.23. The second-order valence-electron chi connectivity index (χ2n) is 4.38. The average Bonchev–Trinajstić information content (AvgIpc) is 2.32. The summed E-state index contributed by atoms with van der Waals surface area (Å²) < 4.78 is 51.2. The van der Waals surface area contributed by atoms with E-state index >= 15 is 0 Å². The second kappa shape index (κ2) is 6.69. The lowest BCUT2D eigenvalue weighted by Crippen LogP contribution is -2.25. The molecular weight excluding hydrogens is 278 g/mol. The van der Waals surface area contributed by atoms with Crippen LogP contribution in [-0.2, 0) is 11.0 Å². The Balaban J connectivity index is 3.11.